The fraction of sp³-hybridized carbons (Fsp3) is 0.0769. The predicted octanol–water partition coefficient (Wildman–Crippen LogP) is 15.0. The lowest BCUT2D eigenvalue weighted by molar-refractivity contribution is 0.578. The SMILES string of the molecule is C/C=C\c1c(C)oc2cc3c(ccc4oc5cc(-c6c7ccccc7c(-c7ccc8c(c7)CCC(c7ccccc7)=C8)c7ccccc67)ccc5c43)cc12. The number of allylic oxidation sites excluding steroid dienone is 2. The molecule has 0 amide bonds. The van der Waals surface area contributed by atoms with Gasteiger partial charge in [0.1, 0.15) is 22.5 Å². The number of hydrogen-bond acceptors (Lipinski definition) is 2. The highest BCUT2D eigenvalue weighted by Crippen LogP contribution is 2.46. The molecule has 1 aliphatic carbocycles. The highest BCUT2D eigenvalue weighted by molar-refractivity contribution is 6.24. The number of hydrogen-bond donors (Lipinski definition) is 0. The topological polar surface area (TPSA) is 26.3 Å². The van der Waals surface area contributed by atoms with Crippen molar-refractivity contribution in [3.05, 3.63) is 174 Å². The molecule has 0 unspecified atom stereocenters. The van der Waals surface area contributed by atoms with Gasteiger partial charge in [-0.05, 0) is 134 Å². The molecule has 8 aromatic carbocycles. The first kappa shape index (κ1) is 30.9. The zero-order chi connectivity index (χ0) is 35.9. The summed E-state index contributed by atoms with van der Waals surface area (Å²) in [6.45, 7) is 4.08. The molecule has 0 radical (unpaired) electrons. The van der Waals surface area contributed by atoms with Gasteiger partial charge in [0.2, 0.25) is 0 Å². The minimum Gasteiger partial charge on any atom is -0.461 e. The third-order valence-electron chi connectivity index (χ3n) is 11.6. The smallest absolute Gasteiger partial charge is 0.136 e. The summed E-state index contributed by atoms with van der Waals surface area (Å²) in [5, 5.41) is 10.7. The van der Waals surface area contributed by atoms with E-state index in [1.807, 2.05) is 13.8 Å². The Bertz CT molecular complexity index is 3160. The van der Waals surface area contributed by atoms with Crippen molar-refractivity contribution >= 4 is 83.0 Å². The van der Waals surface area contributed by atoms with Crippen molar-refractivity contribution in [1.29, 1.82) is 0 Å². The average Bonchev–Trinajstić information content (AvgIpc) is 3.74. The average molecular weight is 693 g/mol. The maximum absolute atomic E-state index is 6.66. The van der Waals surface area contributed by atoms with Crippen molar-refractivity contribution in [2.24, 2.45) is 0 Å². The van der Waals surface area contributed by atoms with Gasteiger partial charge in [0.15, 0.2) is 0 Å². The van der Waals surface area contributed by atoms with E-state index >= 15 is 0 Å². The van der Waals surface area contributed by atoms with Crippen LogP contribution in [-0.4, -0.2) is 0 Å². The molecule has 0 bridgehead atoms. The highest BCUT2D eigenvalue weighted by atomic mass is 16.3. The summed E-state index contributed by atoms with van der Waals surface area (Å²) in [6, 6.07) is 51.2. The second kappa shape index (κ2) is 11.9. The van der Waals surface area contributed by atoms with Crippen LogP contribution in [0.4, 0.5) is 0 Å². The van der Waals surface area contributed by atoms with Crippen LogP contribution in [0.25, 0.3) is 105 Å². The highest BCUT2D eigenvalue weighted by Gasteiger charge is 2.21. The fourth-order valence-electron chi connectivity index (χ4n) is 9.14. The second-order valence-electron chi connectivity index (χ2n) is 14.7. The predicted molar refractivity (Wildman–Crippen MR) is 229 cm³/mol. The summed E-state index contributed by atoms with van der Waals surface area (Å²) in [4.78, 5) is 0. The lowest BCUT2D eigenvalue weighted by atomic mass is 9.83. The van der Waals surface area contributed by atoms with Crippen molar-refractivity contribution in [2.75, 3.05) is 0 Å². The minimum absolute atomic E-state index is 0.883. The van der Waals surface area contributed by atoms with Crippen molar-refractivity contribution in [1.82, 2.24) is 0 Å². The van der Waals surface area contributed by atoms with Crippen molar-refractivity contribution in [2.45, 2.75) is 26.7 Å². The summed E-state index contributed by atoms with van der Waals surface area (Å²) in [5.41, 5.74) is 14.2. The number of aryl methyl sites for hydroxylation is 2. The summed E-state index contributed by atoms with van der Waals surface area (Å²) < 4.78 is 12.9. The van der Waals surface area contributed by atoms with Gasteiger partial charge in [-0.1, -0.05) is 127 Å². The van der Waals surface area contributed by atoms with E-state index in [-0.39, 0.29) is 0 Å². The molecule has 0 spiro atoms. The summed E-state index contributed by atoms with van der Waals surface area (Å²) in [5.74, 6) is 0.933. The van der Waals surface area contributed by atoms with Crippen molar-refractivity contribution in [3.8, 4) is 22.3 Å². The van der Waals surface area contributed by atoms with Crippen LogP contribution in [0, 0.1) is 6.92 Å². The Morgan fingerprint density at radius 1 is 0.500 bits per heavy atom. The van der Waals surface area contributed by atoms with Crippen LogP contribution in [0.5, 0.6) is 0 Å². The van der Waals surface area contributed by atoms with Crippen molar-refractivity contribution < 1.29 is 8.83 Å². The van der Waals surface area contributed by atoms with Crippen LogP contribution >= 0.6 is 0 Å². The molecule has 2 heterocycles. The van der Waals surface area contributed by atoms with Gasteiger partial charge in [0.25, 0.3) is 0 Å². The van der Waals surface area contributed by atoms with Gasteiger partial charge in [-0.2, -0.15) is 0 Å². The van der Waals surface area contributed by atoms with E-state index in [0.29, 0.717) is 0 Å². The molecule has 0 atom stereocenters. The number of benzene rings is 8. The van der Waals surface area contributed by atoms with Gasteiger partial charge in [-0.25, -0.2) is 0 Å². The van der Waals surface area contributed by atoms with Crippen LogP contribution in [0.15, 0.2) is 154 Å². The molecule has 0 fully saturated rings. The molecule has 0 N–H and O–H groups in total. The third-order valence-corrected chi connectivity index (χ3v) is 11.6. The Hall–Kier alpha value is -6.64. The molecule has 256 valence electrons. The van der Waals surface area contributed by atoms with Crippen molar-refractivity contribution in [3.63, 3.8) is 0 Å². The molecule has 10 aromatic rings. The first-order valence-corrected chi connectivity index (χ1v) is 18.9. The molecule has 0 saturated heterocycles. The van der Waals surface area contributed by atoms with Gasteiger partial charge in [0, 0.05) is 21.7 Å². The Balaban J connectivity index is 1.08. The Morgan fingerprint density at radius 3 is 1.89 bits per heavy atom. The third kappa shape index (κ3) is 4.66. The Kier molecular flexibility index (Phi) is 6.84. The summed E-state index contributed by atoms with van der Waals surface area (Å²) in [6.07, 6.45) is 8.66. The molecule has 0 aliphatic heterocycles. The first-order valence-electron chi connectivity index (χ1n) is 18.9. The largest absolute Gasteiger partial charge is 0.461 e. The number of furan rings is 2. The quantitative estimate of drug-likeness (QED) is 0.172. The lowest BCUT2D eigenvalue weighted by Gasteiger charge is -2.20. The van der Waals surface area contributed by atoms with E-state index < -0.39 is 0 Å². The first-order chi connectivity index (χ1) is 26.6. The van der Waals surface area contributed by atoms with E-state index in [0.717, 1.165) is 68.0 Å². The van der Waals surface area contributed by atoms with E-state index in [2.05, 4.69) is 158 Å². The zero-order valence-electron chi connectivity index (χ0n) is 30.2. The summed E-state index contributed by atoms with van der Waals surface area (Å²) >= 11 is 0. The van der Waals surface area contributed by atoms with Crippen LogP contribution in [0.2, 0.25) is 0 Å². The van der Waals surface area contributed by atoms with Gasteiger partial charge in [-0.3, -0.25) is 0 Å². The molecule has 2 aromatic heterocycles. The maximum Gasteiger partial charge on any atom is 0.136 e. The fourth-order valence-corrected chi connectivity index (χ4v) is 9.14. The Labute approximate surface area is 313 Å². The molecule has 0 saturated carbocycles. The lowest BCUT2D eigenvalue weighted by Crippen LogP contribution is -2.00. The van der Waals surface area contributed by atoms with E-state index in [9.17, 15) is 0 Å². The Morgan fingerprint density at radius 2 is 1.17 bits per heavy atom. The molecule has 11 rings (SSSR count). The normalized spacial score (nSPS) is 13.3. The van der Waals surface area contributed by atoms with Gasteiger partial charge >= 0.3 is 0 Å². The monoisotopic (exact) mass is 692 g/mol. The van der Waals surface area contributed by atoms with Gasteiger partial charge < -0.3 is 8.83 Å². The maximum atomic E-state index is 6.66. The van der Waals surface area contributed by atoms with Gasteiger partial charge in [0.05, 0.1) is 0 Å². The molecule has 2 heteroatoms. The zero-order valence-corrected chi connectivity index (χ0v) is 30.2. The van der Waals surface area contributed by atoms with Crippen LogP contribution in [0.3, 0.4) is 0 Å². The van der Waals surface area contributed by atoms with E-state index in [1.165, 1.54) is 65.9 Å². The second-order valence-corrected chi connectivity index (χ2v) is 14.7. The van der Waals surface area contributed by atoms with Gasteiger partial charge in [-0.15, -0.1) is 0 Å². The molecule has 1 aliphatic rings. The van der Waals surface area contributed by atoms with Crippen LogP contribution in [0.1, 0.15) is 41.4 Å². The minimum atomic E-state index is 0.883. The van der Waals surface area contributed by atoms with Crippen LogP contribution < -0.4 is 0 Å². The molecule has 54 heavy (non-hydrogen) atoms. The number of fused-ring (bicyclic) bond motifs is 9. The van der Waals surface area contributed by atoms with E-state index in [4.69, 9.17) is 8.83 Å². The van der Waals surface area contributed by atoms with E-state index in [1.54, 1.807) is 0 Å². The van der Waals surface area contributed by atoms with Crippen LogP contribution in [-0.2, 0) is 6.42 Å². The molecule has 2 nitrogen and oxygen atoms in total. The summed E-state index contributed by atoms with van der Waals surface area (Å²) in [7, 11) is 0. The molecular weight excluding hydrogens is 657 g/mol. The number of rotatable bonds is 4. The molecular formula is C52H36O2. The standard InChI is InChI=1S/C52H36O2/c1-3-11-39-31(2)53-49-30-45-36(28-46(39)49)23-25-47-52(45)44-24-22-38(29-48(44)54-47)51-42-16-9-7-14-40(42)50(41-15-8-10-17-43(41)51)37-21-20-34-26-33(18-19-35(34)27-37)32-12-5-4-6-13-32/h3-17,20-30H,18-19H2,1-2H3/b11-3-.